The lowest BCUT2D eigenvalue weighted by atomic mass is 9.83. The van der Waals surface area contributed by atoms with Crippen molar-refractivity contribution in [3.8, 4) is 0 Å². The molecule has 3 nitrogen and oxygen atoms in total. The van der Waals surface area contributed by atoms with Crippen LogP contribution in [0.1, 0.15) is 39.0 Å². The summed E-state index contributed by atoms with van der Waals surface area (Å²) in [7, 11) is 0. The highest BCUT2D eigenvalue weighted by molar-refractivity contribution is 7.99. The van der Waals surface area contributed by atoms with Gasteiger partial charge in [0.1, 0.15) is 0 Å². The van der Waals surface area contributed by atoms with Gasteiger partial charge >= 0.3 is 0 Å². The molecule has 1 aliphatic heterocycles. The lowest BCUT2D eigenvalue weighted by Gasteiger charge is -2.33. The van der Waals surface area contributed by atoms with Crippen LogP contribution in [0.4, 0.5) is 0 Å². The van der Waals surface area contributed by atoms with Gasteiger partial charge in [-0.1, -0.05) is 26.2 Å². The predicted molar refractivity (Wildman–Crippen MR) is 73.3 cm³/mol. The van der Waals surface area contributed by atoms with E-state index in [0.29, 0.717) is 12.0 Å². The van der Waals surface area contributed by atoms with Gasteiger partial charge in [-0.2, -0.15) is 11.8 Å². The second kappa shape index (κ2) is 6.64. The molecule has 1 aliphatic carbocycles. The quantitative estimate of drug-likeness (QED) is 0.809. The Morgan fingerprint density at radius 3 is 2.94 bits per heavy atom. The number of amides is 1. The molecule has 0 aromatic rings. The molecule has 0 radical (unpaired) electrons. The van der Waals surface area contributed by atoms with Gasteiger partial charge in [-0.05, 0) is 18.8 Å². The van der Waals surface area contributed by atoms with Crippen molar-refractivity contribution in [2.45, 2.75) is 51.1 Å². The minimum atomic E-state index is 0.0354. The summed E-state index contributed by atoms with van der Waals surface area (Å²) in [6, 6.07) is 0.461. The molecule has 3 atom stereocenters. The third kappa shape index (κ3) is 3.62. The molecule has 17 heavy (non-hydrogen) atoms. The molecule has 2 rings (SSSR count). The highest BCUT2D eigenvalue weighted by atomic mass is 32.2. The summed E-state index contributed by atoms with van der Waals surface area (Å²) in [4.78, 5) is 12.1. The van der Waals surface area contributed by atoms with Crippen molar-refractivity contribution in [1.29, 1.82) is 0 Å². The monoisotopic (exact) mass is 256 g/mol. The lowest BCUT2D eigenvalue weighted by molar-refractivity contribution is -0.124. The maximum absolute atomic E-state index is 12.1. The Kier molecular flexibility index (Phi) is 5.16. The fourth-order valence-corrected chi connectivity index (χ4v) is 3.84. The van der Waals surface area contributed by atoms with Crippen LogP contribution in [-0.4, -0.2) is 36.0 Å². The number of rotatable bonds is 3. The zero-order chi connectivity index (χ0) is 12.1. The third-order valence-corrected chi connectivity index (χ3v) is 5.06. The summed E-state index contributed by atoms with van der Waals surface area (Å²) in [6.45, 7) is 3.20. The molecule has 2 N–H and O–H groups in total. The van der Waals surface area contributed by atoms with Crippen LogP contribution in [0.25, 0.3) is 0 Å². The van der Waals surface area contributed by atoms with E-state index in [9.17, 15) is 4.79 Å². The Bertz CT molecular complexity index is 254. The summed E-state index contributed by atoms with van der Waals surface area (Å²) < 4.78 is 0. The first-order valence-electron chi connectivity index (χ1n) is 6.92. The van der Waals surface area contributed by atoms with Gasteiger partial charge in [0.05, 0.1) is 6.04 Å². The van der Waals surface area contributed by atoms with E-state index in [4.69, 9.17) is 0 Å². The van der Waals surface area contributed by atoms with E-state index in [1.807, 2.05) is 11.8 Å². The molecule has 0 bridgehead atoms. The van der Waals surface area contributed by atoms with Crippen molar-refractivity contribution in [1.82, 2.24) is 10.6 Å². The Labute approximate surface area is 108 Å². The zero-order valence-electron chi connectivity index (χ0n) is 10.7. The van der Waals surface area contributed by atoms with Crippen LogP contribution in [0, 0.1) is 5.92 Å². The topological polar surface area (TPSA) is 41.1 Å². The number of carbonyl (C=O) groups is 1. The summed E-state index contributed by atoms with van der Waals surface area (Å²) in [6.07, 6.45) is 6.26. The van der Waals surface area contributed by atoms with Crippen molar-refractivity contribution < 1.29 is 4.79 Å². The largest absolute Gasteiger partial charge is 0.352 e. The van der Waals surface area contributed by atoms with Crippen LogP contribution in [0.5, 0.6) is 0 Å². The Hall–Kier alpha value is -0.220. The zero-order valence-corrected chi connectivity index (χ0v) is 11.5. The van der Waals surface area contributed by atoms with Crippen molar-refractivity contribution >= 4 is 17.7 Å². The second-order valence-corrected chi connectivity index (χ2v) is 6.30. The van der Waals surface area contributed by atoms with Crippen molar-refractivity contribution in [3.63, 3.8) is 0 Å². The second-order valence-electron chi connectivity index (χ2n) is 5.15. The van der Waals surface area contributed by atoms with Gasteiger partial charge in [0, 0.05) is 24.1 Å². The minimum Gasteiger partial charge on any atom is -0.352 e. The minimum absolute atomic E-state index is 0.0354. The van der Waals surface area contributed by atoms with E-state index in [1.165, 1.54) is 32.1 Å². The van der Waals surface area contributed by atoms with Crippen molar-refractivity contribution in [2.24, 2.45) is 5.92 Å². The van der Waals surface area contributed by atoms with Crippen LogP contribution in [0.3, 0.4) is 0 Å². The lowest BCUT2D eigenvalue weighted by Crippen LogP contribution is -2.53. The number of hydrogen-bond donors (Lipinski definition) is 2. The van der Waals surface area contributed by atoms with Gasteiger partial charge in [0.15, 0.2) is 0 Å². The summed E-state index contributed by atoms with van der Waals surface area (Å²) in [5, 5.41) is 6.58. The molecule has 1 saturated heterocycles. The van der Waals surface area contributed by atoms with Crippen LogP contribution in [0.15, 0.2) is 0 Å². The van der Waals surface area contributed by atoms with Crippen molar-refractivity contribution in [2.75, 3.05) is 18.1 Å². The molecule has 4 heteroatoms. The number of thioether (sulfide) groups is 1. The molecule has 2 fully saturated rings. The van der Waals surface area contributed by atoms with Crippen LogP contribution >= 0.6 is 11.8 Å². The fraction of sp³-hybridized carbons (Fsp3) is 0.923. The molecular weight excluding hydrogens is 232 g/mol. The summed E-state index contributed by atoms with van der Waals surface area (Å²) >= 11 is 1.88. The smallest absolute Gasteiger partial charge is 0.238 e. The maximum Gasteiger partial charge on any atom is 0.238 e. The van der Waals surface area contributed by atoms with E-state index in [2.05, 4.69) is 17.6 Å². The Balaban J connectivity index is 1.83. The Morgan fingerprint density at radius 1 is 1.41 bits per heavy atom. The standard InChI is InChI=1S/C13H24N2OS/c1-2-10-5-3-4-6-11(10)15-13(16)12-9-17-8-7-14-12/h10-12,14H,2-9H2,1H3,(H,15,16). The average Bonchev–Trinajstić information content (AvgIpc) is 2.40. The normalized spacial score (nSPS) is 34.3. The highest BCUT2D eigenvalue weighted by Crippen LogP contribution is 2.26. The van der Waals surface area contributed by atoms with Crippen LogP contribution in [-0.2, 0) is 4.79 Å². The van der Waals surface area contributed by atoms with Crippen LogP contribution < -0.4 is 10.6 Å². The molecule has 1 amide bonds. The molecule has 3 unspecified atom stereocenters. The maximum atomic E-state index is 12.1. The van der Waals surface area contributed by atoms with Gasteiger partial charge in [0.2, 0.25) is 5.91 Å². The number of carbonyl (C=O) groups excluding carboxylic acids is 1. The first-order valence-corrected chi connectivity index (χ1v) is 8.08. The highest BCUT2D eigenvalue weighted by Gasteiger charge is 2.28. The molecule has 0 spiro atoms. The summed E-state index contributed by atoms with van der Waals surface area (Å²) in [5.74, 6) is 2.98. The Morgan fingerprint density at radius 2 is 2.24 bits per heavy atom. The third-order valence-electron chi connectivity index (χ3n) is 4.00. The van der Waals surface area contributed by atoms with Gasteiger partial charge in [-0.25, -0.2) is 0 Å². The van der Waals surface area contributed by atoms with Gasteiger partial charge in [0.25, 0.3) is 0 Å². The summed E-state index contributed by atoms with van der Waals surface area (Å²) in [5.41, 5.74) is 0. The molecule has 1 saturated carbocycles. The van der Waals surface area contributed by atoms with E-state index in [1.54, 1.807) is 0 Å². The van der Waals surface area contributed by atoms with E-state index < -0.39 is 0 Å². The van der Waals surface area contributed by atoms with Crippen molar-refractivity contribution in [3.05, 3.63) is 0 Å². The molecule has 1 heterocycles. The van der Waals surface area contributed by atoms with Gasteiger partial charge < -0.3 is 10.6 Å². The number of hydrogen-bond acceptors (Lipinski definition) is 3. The van der Waals surface area contributed by atoms with Gasteiger partial charge in [-0.3, -0.25) is 4.79 Å². The van der Waals surface area contributed by atoms with Crippen LogP contribution in [0.2, 0.25) is 0 Å². The molecule has 0 aromatic heterocycles. The van der Waals surface area contributed by atoms with Gasteiger partial charge in [-0.15, -0.1) is 0 Å². The van der Waals surface area contributed by atoms with E-state index in [-0.39, 0.29) is 11.9 Å². The number of nitrogens with one attached hydrogen (secondary N) is 2. The molecule has 98 valence electrons. The SMILES string of the molecule is CCC1CCCCC1NC(=O)C1CSCCN1. The first-order chi connectivity index (χ1) is 8.31. The fourth-order valence-electron chi connectivity index (χ4n) is 2.90. The predicted octanol–water partition coefficient (Wildman–Crippen LogP) is 1.78. The first kappa shape index (κ1) is 13.2. The van der Waals surface area contributed by atoms with E-state index >= 15 is 0 Å². The molecule has 0 aromatic carbocycles. The average molecular weight is 256 g/mol. The molecular formula is C13H24N2OS. The molecule has 2 aliphatic rings. The van der Waals surface area contributed by atoms with E-state index in [0.717, 1.165) is 18.1 Å².